The van der Waals surface area contributed by atoms with Crippen LogP contribution in [0, 0.1) is 12.3 Å². The number of aliphatic hydroxyl groups excluding tert-OH is 1. The molecule has 2 fully saturated rings. The zero-order chi connectivity index (χ0) is 18.3. The van der Waals surface area contributed by atoms with E-state index in [1.54, 1.807) is 11.8 Å². The van der Waals surface area contributed by atoms with Crippen molar-refractivity contribution < 1.29 is 5.11 Å². The number of rotatable bonds is 2. The van der Waals surface area contributed by atoms with Gasteiger partial charge in [-0.25, -0.2) is 4.98 Å². The van der Waals surface area contributed by atoms with Crippen molar-refractivity contribution in [3.05, 3.63) is 29.8 Å². The standard InChI is InChI=1S/C21H29N3OS/c1-15-10-20(22-19-11-17(26-3)4-5-18(15)19)24-8-6-21(7-9-24)12-16(25)13-23(2)14-21/h4-5,10-11,16,25H,6-9,12-14H2,1-3H3. The predicted octanol–water partition coefficient (Wildman–Crippen LogP) is 3.55. The molecule has 1 spiro atoms. The lowest BCUT2D eigenvalue weighted by molar-refractivity contribution is -0.0112. The van der Waals surface area contributed by atoms with Gasteiger partial charge in [0, 0.05) is 36.5 Å². The van der Waals surface area contributed by atoms with E-state index in [-0.39, 0.29) is 11.5 Å². The zero-order valence-electron chi connectivity index (χ0n) is 16.0. The van der Waals surface area contributed by atoms with E-state index in [9.17, 15) is 5.11 Å². The molecule has 0 radical (unpaired) electrons. The summed E-state index contributed by atoms with van der Waals surface area (Å²) in [6.45, 7) is 6.17. The molecule has 1 aromatic heterocycles. The molecule has 3 heterocycles. The topological polar surface area (TPSA) is 39.6 Å². The van der Waals surface area contributed by atoms with Gasteiger partial charge in [-0.2, -0.15) is 0 Å². The molecule has 0 aliphatic carbocycles. The molecule has 0 bridgehead atoms. The van der Waals surface area contributed by atoms with E-state index in [0.29, 0.717) is 0 Å². The lowest BCUT2D eigenvalue weighted by atomic mass is 9.72. The fourth-order valence-corrected chi connectivity index (χ4v) is 5.29. The van der Waals surface area contributed by atoms with Gasteiger partial charge in [-0.15, -0.1) is 11.8 Å². The van der Waals surface area contributed by atoms with Crippen molar-refractivity contribution in [2.75, 3.05) is 44.4 Å². The summed E-state index contributed by atoms with van der Waals surface area (Å²) < 4.78 is 0. The van der Waals surface area contributed by atoms with Gasteiger partial charge in [-0.05, 0) is 68.7 Å². The summed E-state index contributed by atoms with van der Waals surface area (Å²) in [5.41, 5.74) is 2.67. The van der Waals surface area contributed by atoms with Gasteiger partial charge < -0.3 is 14.9 Å². The Labute approximate surface area is 160 Å². The quantitative estimate of drug-likeness (QED) is 0.818. The Hall–Kier alpha value is -1.30. The van der Waals surface area contributed by atoms with Gasteiger partial charge in [0.05, 0.1) is 11.6 Å². The first kappa shape index (κ1) is 18.1. The van der Waals surface area contributed by atoms with Crippen LogP contribution in [0.1, 0.15) is 24.8 Å². The minimum Gasteiger partial charge on any atom is -0.392 e. The first-order chi connectivity index (χ1) is 12.5. The van der Waals surface area contributed by atoms with Crippen LogP contribution in [0.3, 0.4) is 0 Å². The number of aliphatic hydroxyl groups is 1. The smallest absolute Gasteiger partial charge is 0.129 e. The number of likely N-dealkylation sites (N-methyl/N-ethyl adjacent to an activating group) is 1. The van der Waals surface area contributed by atoms with Crippen LogP contribution in [0.4, 0.5) is 5.82 Å². The summed E-state index contributed by atoms with van der Waals surface area (Å²) in [4.78, 5) is 11.0. The maximum Gasteiger partial charge on any atom is 0.129 e. The number of aromatic nitrogens is 1. The molecule has 2 aliphatic heterocycles. The SMILES string of the molecule is CSc1ccc2c(C)cc(N3CCC4(CC3)CC(O)CN(C)C4)nc2c1. The van der Waals surface area contributed by atoms with E-state index < -0.39 is 0 Å². The summed E-state index contributed by atoms with van der Waals surface area (Å²) in [6, 6.07) is 8.81. The fraction of sp³-hybridized carbons (Fsp3) is 0.571. The van der Waals surface area contributed by atoms with Gasteiger partial charge in [0.2, 0.25) is 0 Å². The normalized spacial score (nSPS) is 23.7. The summed E-state index contributed by atoms with van der Waals surface area (Å²) in [5, 5.41) is 11.5. The monoisotopic (exact) mass is 371 g/mol. The fourth-order valence-electron chi connectivity index (χ4n) is 4.85. The predicted molar refractivity (Wildman–Crippen MR) is 110 cm³/mol. The lowest BCUT2D eigenvalue weighted by Gasteiger charge is -2.48. The Kier molecular flexibility index (Phi) is 4.88. The van der Waals surface area contributed by atoms with Crippen molar-refractivity contribution >= 4 is 28.5 Å². The number of aryl methyl sites for hydroxylation is 1. The average Bonchev–Trinajstić information content (AvgIpc) is 2.60. The Balaban J connectivity index is 1.56. The highest BCUT2D eigenvalue weighted by molar-refractivity contribution is 7.98. The highest BCUT2D eigenvalue weighted by atomic mass is 32.2. The van der Waals surface area contributed by atoms with Gasteiger partial charge in [0.1, 0.15) is 5.82 Å². The summed E-state index contributed by atoms with van der Waals surface area (Å²) in [7, 11) is 2.13. The van der Waals surface area contributed by atoms with Crippen LogP contribution < -0.4 is 4.90 Å². The van der Waals surface area contributed by atoms with Crippen molar-refractivity contribution in [3.8, 4) is 0 Å². The molecule has 2 aliphatic rings. The third kappa shape index (κ3) is 3.45. The zero-order valence-corrected chi connectivity index (χ0v) is 16.9. The number of fused-ring (bicyclic) bond motifs is 1. The van der Waals surface area contributed by atoms with Gasteiger partial charge in [-0.3, -0.25) is 0 Å². The largest absolute Gasteiger partial charge is 0.392 e. The number of β-amino-alcohol motifs (C(OH)–C–C–N with tert-alkyl or cyclic N) is 1. The van der Waals surface area contributed by atoms with Gasteiger partial charge >= 0.3 is 0 Å². The van der Waals surface area contributed by atoms with E-state index >= 15 is 0 Å². The van der Waals surface area contributed by atoms with Gasteiger partial charge in [-0.1, -0.05) is 6.07 Å². The summed E-state index contributed by atoms with van der Waals surface area (Å²) >= 11 is 1.76. The van der Waals surface area contributed by atoms with Crippen LogP contribution in [0.2, 0.25) is 0 Å². The van der Waals surface area contributed by atoms with Crippen molar-refractivity contribution in [1.82, 2.24) is 9.88 Å². The van der Waals surface area contributed by atoms with Gasteiger partial charge in [0.15, 0.2) is 0 Å². The third-order valence-electron chi connectivity index (χ3n) is 6.15. The first-order valence-electron chi connectivity index (χ1n) is 9.55. The number of benzene rings is 1. The summed E-state index contributed by atoms with van der Waals surface area (Å²) in [5.74, 6) is 1.10. The molecule has 1 N–H and O–H groups in total. The molecule has 26 heavy (non-hydrogen) atoms. The molecule has 0 saturated carbocycles. The van der Waals surface area contributed by atoms with Crippen molar-refractivity contribution in [1.29, 1.82) is 0 Å². The number of likely N-dealkylation sites (tertiary alicyclic amines) is 1. The number of pyridine rings is 1. The molecule has 4 rings (SSSR count). The third-order valence-corrected chi connectivity index (χ3v) is 6.88. The van der Waals surface area contributed by atoms with Crippen LogP contribution in [-0.4, -0.2) is 60.6 Å². The second kappa shape index (κ2) is 7.02. The number of hydrogen-bond acceptors (Lipinski definition) is 5. The Morgan fingerprint density at radius 3 is 2.69 bits per heavy atom. The van der Waals surface area contributed by atoms with E-state index in [1.807, 2.05) is 0 Å². The number of anilines is 1. The molecule has 4 nitrogen and oxygen atoms in total. The number of thioether (sulfide) groups is 1. The van der Waals surface area contributed by atoms with E-state index in [1.165, 1.54) is 15.8 Å². The van der Waals surface area contributed by atoms with E-state index in [4.69, 9.17) is 4.98 Å². The molecule has 5 heteroatoms. The lowest BCUT2D eigenvalue weighted by Crippen LogP contribution is -2.52. The molecular weight excluding hydrogens is 342 g/mol. The first-order valence-corrected chi connectivity index (χ1v) is 10.8. The van der Waals surface area contributed by atoms with Crippen molar-refractivity contribution in [2.24, 2.45) is 5.41 Å². The molecule has 140 valence electrons. The van der Waals surface area contributed by atoms with Crippen LogP contribution in [-0.2, 0) is 0 Å². The number of hydrogen-bond donors (Lipinski definition) is 1. The highest BCUT2D eigenvalue weighted by Crippen LogP contribution is 2.40. The Bertz CT molecular complexity index is 789. The average molecular weight is 372 g/mol. The maximum absolute atomic E-state index is 10.2. The van der Waals surface area contributed by atoms with Crippen LogP contribution in [0.15, 0.2) is 29.2 Å². The molecule has 2 aromatic rings. The molecule has 1 unspecified atom stereocenters. The van der Waals surface area contributed by atoms with Crippen LogP contribution in [0.5, 0.6) is 0 Å². The van der Waals surface area contributed by atoms with Crippen molar-refractivity contribution in [2.45, 2.75) is 37.2 Å². The molecule has 0 amide bonds. The molecule has 1 aromatic carbocycles. The van der Waals surface area contributed by atoms with Crippen molar-refractivity contribution in [3.63, 3.8) is 0 Å². The molecule has 2 saturated heterocycles. The van der Waals surface area contributed by atoms with E-state index in [2.05, 4.69) is 54.3 Å². The molecular formula is C21H29N3OS. The van der Waals surface area contributed by atoms with E-state index in [0.717, 1.165) is 56.8 Å². The number of nitrogens with zero attached hydrogens (tertiary/aromatic N) is 3. The highest BCUT2D eigenvalue weighted by Gasteiger charge is 2.40. The van der Waals surface area contributed by atoms with Gasteiger partial charge in [0.25, 0.3) is 0 Å². The second-order valence-corrected chi connectivity index (χ2v) is 9.10. The summed E-state index contributed by atoms with van der Waals surface area (Å²) in [6.07, 6.45) is 5.16. The Morgan fingerprint density at radius 2 is 2.00 bits per heavy atom. The van der Waals surface area contributed by atoms with Crippen LogP contribution >= 0.6 is 11.8 Å². The minimum atomic E-state index is -0.175. The molecule has 1 atom stereocenters. The minimum absolute atomic E-state index is 0.175. The Morgan fingerprint density at radius 1 is 1.23 bits per heavy atom. The maximum atomic E-state index is 10.2. The second-order valence-electron chi connectivity index (χ2n) is 8.22. The number of piperidine rings is 2. The van der Waals surface area contributed by atoms with Crippen LogP contribution in [0.25, 0.3) is 10.9 Å².